The van der Waals surface area contributed by atoms with E-state index in [-0.39, 0.29) is 0 Å². The average Bonchev–Trinajstić information content (AvgIpc) is 3.03. The highest BCUT2D eigenvalue weighted by Crippen LogP contribution is 2.29. The van der Waals surface area contributed by atoms with Crippen molar-refractivity contribution in [3.8, 4) is 45.0 Å². The van der Waals surface area contributed by atoms with E-state index in [4.69, 9.17) is 15.0 Å². The van der Waals surface area contributed by atoms with Gasteiger partial charge >= 0.3 is 0 Å². The van der Waals surface area contributed by atoms with Gasteiger partial charge in [-0.05, 0) is 33.9 Å². The summed E-state index contributed by atoms with van der Waals surface area (Å²) < 4.78 is 0. The van der Waals surface area contributed by atoms with E-state index < -0.39 is 0 Å². The van der Waals surface area contributed by atoms with Gasteiger partial charge in [-0.25, -0.2) is 15.0 Å². The summed E-state index contributed by atoms with van der Waals surface area (Å²) in [5, 5.41) is 0. The van der Waals surface area contributed by atoms with Crippen molar-refractivity contribution in [1.29, 1.82) is 0 Å². The van der Waals surface area contributed by atoms with Crippen LogP contribution in [0.1, 0.15) is 25.2 Å². The molecule has 0 bridgehead atoms. The van der Waals surface area contributed by atoms with Gasteiger partial charge in [0.2, 0.25) is 0 Å². The lowest BCUT2D eigenvalue weighted by molar-refractivity contribution is 0.933. The predicted molar refractivity (Wildman–Crippen MR) is 162 cm³/mol. The minimum Gasteiger partial charge on any atom is -0.213 e. The van der Waals surface area contributed by atoms with Crippen LogP contribution in [-0.4, -0.2) is 15.0 Å². The van der Waals surface area contributed by atoms with Crippen molar-refractivity contribution in [2.24, 2.45) is 0 Å². The van der Waals surface area contributed by atoms with Crippen LogP contribution in [0.25, 0.3) is 45.0 Å². The molecule has 0 saturated heterocycles. The lowest BCUT2D eigenvalue weighted by Crippen LogP contribution is -2.04. The Morgan fingerprint density at radius 2 is 0.744 bits per heavy atom. The van der Waals surface area contributed by atoms with Crippen molar-refractivity contribution in [3.63, 3.8) is 0 Å². The first-order valence-corrected chi connectivity index (χ1v) is 13.4. The number of benzene rings is 5. The molecule has 0 saturated carbocycles. The van der Waals surface area contributed by atoms with Gasteiger partial charge in [0.1, 0.15) is 5.82 Å². The molecule has 3 nitrogen and oxygen atoms in total. The molecule has 0 aliphatic heterocycles. The summed E-state index contributed by atoms with van der Waals surface area (Å²) in [6.07, 6.45) is 0.600. The fraction of sp³-hybridized carbons (Fsp3) is 0.0833. The van der Waals surface area contributed by atoms with Crippen LogP contribution in [0.5, 0.6) is 0 Å². The molecule has 0 aliphatic carbocycles. The molecule has 39 heavy (non-hydrogen) atoms. The van der Waals surface area contributed by atoms with Crippen LogP contribution in [0.2, 0.25) is 0 Å². The van der Waals surface area contributed by atoms with Gasteiger partial charge < -0.3 is 0 Å². The molecular formula is C36H31N3. The van der Waals surface area contributed by atoms with Crippen LogP contribution >= 0.6 is 0 Å². The van der Waals surface area contributed by atoms with Gasteiger partial charge in [-0.2, -0.15) is 0 Å². The van der Waals surface area contributed by atoms with Gasteiger partial charge in [0, 0.05) is 17.5 Å². The van der Waals surface area contributed by atoms with Crippen LogP contribution in [0.3, 0.4) is 0 Å². The quantitative estimate of drug-likeness (QED) is 0.226. The second kappa shape index (κ2) is 12.6. The number of aromatic nitrogens is 3. The molecule has 0 spiro atoms. The topological polar surface area (TPSA) is 38.7 Å². The molecule has 0 N–H and O–H groups in total. The number of hydrogen-bond donors (Lipinski definition) is 0. The van der Waals surface area contributed by atoms with Crippen LogP contribution in [0.4, 0.5) is 0 Å². The van der Waals surface area contributed by atoms with E-state index in [1.165, 1.54) is 22.3 Å². The van der Waals surface area contributed by atoms with Gasteiger partial charge in [0.05, 0.1) is 0 Å². The van der Waals surface area contributed by atoms with E-state index in [2.05, 4.69) is 66.7 Å². The summed E-state index contributed by atoms with van der Waals surface area (Å²) in [5.74, 6) is 2.12. The maximum absolute atomic E-state index is 4.91. The maximum atomic E-state index is 4.91. The molecule has 5 aromatic carbocycles. The van der Waals surface area contributed by atoms with Gasteiger partial charge in [-0.15, -0.1) is 0 Å². The highest BCUT2D eigenvalue weighted by Gasteiger charge is 2.13. The third-order valence-corrected chi connectivity index (χ3v) is 6.31. The molecule has 0 aliphatic rings. The molecule has 0 unspecified atom stereocenters. The zero-order chi connectivity index (χ0) is 26.9. The molecule has 6 aromatic rings. The number of rotatable bonds is 6. The van der Waals surface area contributed by atoms with Crippen LogP contribution in [0, 0.1) is 0 Å². The van der Waals surface area contributed by atoms with E-state index >= 15 is 0 Å². The Labute approximate surface area is 230 Å². The first-order valence-electron chi connectivity index (χ1n) is 13.4. The molecule has 6 rings (SSSR count). The van der Waals surface area contributed by atoms with E-state index in [1.54, 1.807) is 0 Å². The van der Waals surface area contributed by atoms with Crippen molar-refractivity contribution < 1.29 is 0 Å². The molecule has 190 valence electrons. The summed E-state index contributed by atoms with van der Waals surface area (Å²) in [6.45, 7) is 4.00. The molecule has 1 heterocycles. The second-order valence-corrected chi connectivity index (χ2v) is 8.96. The summed E-state index contributed by atoms with van der Waals surface area (Å²) in [4.78, 5) is 14.6. The molecule has 0 atom stereocenters. The third kappa shape index (κ3) is 6.34. The first-order chi connectivity index (χ1) is 19.3. The highest BCUT2D eigenvalue weighted by molar-refractivity contribution is 5.74. The number of nitrogens with zero attached hydrogens (tertiary/aromatic N) is 3. The minimum absolute atomic E-state index is 0.600. The smallest absolute Gasteiger partial charge is 0.163 e. The van der Waals surface area contributed by atoms with Crippen LogP contribution < -0.4 is 0 Å². The molecule has 0 fully saturated rings. The largest absolute Gasteiger partial charge is 0.213 e. The van der Waals surface area contributed by atoms with E-state index in [0.717, 1.165) is 22.5 Å². The number of hydrogen-bond acceptors (Lipinski definition) is 3. The Bertz CT molecular complexity index is 1370. The van der Waals surface area contributed by atoms with Crippen LogP contribution in [-0.2, 0) is 6.42 Å². The van der Waals surface area contributed by atoms with Crippen molar-refractivity contribution >= 4 is 0 Å². The van der Waals surface area contributed by atoms with Crippen LogP contribution in [0.15, 0.2) is 140 Å². The first kappa shape index (κ1) is 25.7. The fourth-order valence-electron chi connectivity index (χ4n) is 4.50. The van der Waals surface area contributed by atoms with E-state index in [1.807, 2.05) is 86.6 Å². The van der Waals surface area contributed by atoms with Gasteiger partial charge in [0.15, 0.2) is 11.6 Å². The SMILES string of the molecule is CC.c1ccc(-c2cc(Cc3nc(-c4ccccc4)nc(-c4ccccc4)n3)cc(-c3ccccc3)c2)cc1. The average molecular weight is 506 g/mol. The fourth-order valence-corrected chi connectivity index (χ4v) is 4.50. The molecule has 0 amide bonds. The van der Waals surface area contributed by atoms with Crippen molar-refractivity contribution in [1.82, 2.24) is 15.0 Å². The monoisotopic (exact) mass is 505 g/mol. The Kier molecular flexibility index (Phi) is 8.30. The minimum atomic E-state index is 0.600. The molecule has 1 aromatic heterocycles. The van der Waals surface area contributed by atoms with Gasteiger partial charge in [-0.1, -0.05) is 147 Å². The van der Waals surface area contributed by atoms with E-state index in [0.29, 0.717) is 18.1 Å². The summed E-state index contributed by atoms with van der Waals surface area (Å²) >= 11 is 0. The van der Waals surface area contributed by atoms with E-state index in [9.17, 15) is 0 Å². The normalized spacial score (nSPS) is 10.4. The zero-order valence-corrected chi connectivity index (χ0v) is 22.3. The molecule has 3 heteroatoms. The summed E-state index contributed by atoms with van der Waals surface area (Å²) in [5.41, 5.74) is 7.84. The standard InChI is InChI=1S/C34H25N3.C2H6/c1-5-13-26(14-6-1)30-21-25(22-31(24-30)27-15-7-2-8-16-27)23-32-35-33(28-17-9-3-10-18-28)37-34(36-32)29-19-11-4-12-20-29;1-2/h1-22,24H,23H2;1-2H3. The van der Waals surface area contributed by atoms with Gasteiger partial charge in [0.25, 0.3) is 0 Å². The Hall–Kier alpha value is -4.89. The van der Waals surface area contributed by atoms with Crippen molar-refractivity contribution in [2.75, 3.05) is 0 Å². The molecular weight excluding hydrogens is 474 g/mol. The van der Waals surface area contributed by atoms with Crippen molar-refractivity contribution in [2.45, 2.75) is 20.3 Å². The maximum Gasteiger partial charge on any atom is 0.163 e. The second-order valence-electron chi connectivity index (χ2n) is 8.96. The summed E-state index contributed by atoms with van der Waals surface area (Å²) in [6, 6.07) is 48.0. The Balaban J connectivity index is 0.00000151. The lowest BCUT2D eigenvalue weighted by atomic mass is 9.95. The molecule has 0 radical (unpaired) electrons. The third-order valence-electron chi connectivity index (χ3n) is 6.31. The Morgan fingerprint density at radius 3 is 1.13 bits per heavy atom. The predicted octanol–water partition coefficient (Wildman–Crippen LogP) is 9.16. The van der Waals surface area contributed by atoms with Gasteiger partial charge in [-0.3, -0.25) is 0 Å². The Morgan fingerprint density at radius 1 is 0.385 bits per heavy atom. The summed E-state index contributed by atoms with van der Waals surface area (Å²) in [7, 11) is 0. The lowest BCUT2D eigenvalue weighted by Gasteiger charge is -2.12. The zero-order valence-electron chi connectivity index (χ0n) is 22.3. The van der Waals surface area contributed by atoms with Crippen molar-refractivity contribution in [3.05, 3.63) is 151 Å². The highest BCUT2D eigenvalue weighted by atomic mass is 15.0.